The minimum atomic E-state index is -0.748. The van der Waals surface area contributed by atoms with Crippen molar-refractivity contribution in [2.45, 2.75) is 5.41 Å². The van der Waals surface area contributed by atoms with Crippen LogP contribution in [0.4, 0.5) is 0 Å². The van der Waals surface area contributed by atoms with Crippen LogP contribution in [0.15, 0.2) is 182 Å². The number of rotatable bonds is 4. The van der Waals surface area contributed by atoms with Crippen LogP contribution in [0, 0.1) is 0 Å². The van der Waals surface area contributed by atoms with E-state index >= 15 is 0 Å². The Kier molecular flexibility index (Phi) is 6.68. The second-order valence-corrected chi connectivity index (χ2v) is 13.0. The van der Waals surface area contributed by atoms with Crippen LogP contribution < -0.4 is 9.47 Å². The highest BCUT2D eigenvalue weighted by atomic mass is 16.5. The smallest absolute Gasteiger partial charge is 0.132 e. The van der Waals surface area contributed by atoms with Gasteiger partial charge in [-0.05, 0) is 70.8 Å². The zero-order valence-electron chi connectivity index (χ0n) is 27.5. The quantitative estimate of drug-likeness (QED) is 0.189. The van der Waals surface area contributed by atoms with E-state index in [0.717, 1.165) is 90.0 Å². The summed E-state index contributed by atoms with van der Waals surface area (Å²) in [7, 11) is 0. The zero-order chi connectivity index (χ0) is 33.8. The highest BCUT2D eigenvalue weighted by molar-refractivity contribution is 5.82. The van der Waals surface area contributed by atoms with Crippen LogP contribution >= 0.6 is 0 Å². The largest absolute Gasteiger partial charge is 0.457 e. The van der Waals surface area contributed by atoms with Crippen molar-refractivity contribution in [3.63, 3.8) is 0 Å². The summed E-state index contributed by atoms with van der Waals surface area (Å²) < 4.78 is 13.9. The maximum absolute atomic E-state index is 6.97. The Morgan fingerprint density at radius 3 is 1.04 bits per heavy atom. The van der Waals surface area contributed by atoms with Gasteiger partial charge in [0.2, 0.25) is 0 Å². The van der Waals surface area contributed by atoms with Gasteiger partial charge in [0.1, 0.15) is 23.0 Å². The van der Waals surface area contributed by atoms with Crippen LogP contribution in [-0.4, -0.2) is 9.97 Å². The molecule has 0 amide bonds. The summed E-state index contributed by atoms with van der Waals surface area (Å²) in [6.45, 7) is 0. The van der Waals surface area contributed by atoms with Crippen molar-refractivity contribution in [3.05, 3.63) is 205 Å². The fourth-order valence-electron chi connectivity index (χ4n) is 7.78. The third-order valence-corrected chi connectivity index (χ3v) is 10.1. The molecule has 0 atom stereocenters. The molecule has 4 heteroatoms. The summed E-state index contributed by atoms with van der Waals surface area (Å²) in [6, 6.07) is 59.1. The highest BCUT2D eigenvalue weighted by Gasteiger charge is 2.51. The van der Waals surface area contributed by atoms with E-state index in [0.29, 0.717) is 0 Å². The number of fused-ring (bicyclic) bond motifs is 8. The molecule has 0 bridgehead atoms. The fraction of sp³-hybridized carbons (Fsp3) is 0.0213. The molecule has 0 fully saturated rings. The van der Waals surface area contributed by atoms with Crippen LogP contribution in [0.3, 0.4) is 0 Å². The van der Waals surface area contributed by atoms with E-state index in [9.17, 15) is 0 Å². The average molecular weight is 655 g/mol. The summed E-state index contributed by atoms with van der Waals surface area (Å²) in [6.07, 6.45) is 3.65. The van der Waals surface area contributed by atoms with Crippen LogP contribution in [0.25, 0.3) is 44.8 Å². The van der Waals surface area contributed by atoms with Gasteiger partial charge < -0.3 is 9.47 Å². The minimum Gasteiger partial charge on any atom is -0.457 e. The number of pyridine rings is 2. The molecule has 10 rings (SSSR count). The van der Waals surface area contributed by atoms with E-state index in [2.05, 4.69) is 131 Å². The predicted molar refractivity (Wildman–Crippen MR) is 202 cm³/mol. The van der Waals surface area contributed by atoms with Crippen molar-refractivity contribution in [2.24, 2.45) is 0 Å². The molecule has 8 aromatic rings. The molecule has 2 aliphatic heterocycles. The lowest BCUT2D eigenvalue weighted by Crippen LogP contribution is -2.37. The Morgan fingerprint density at radius 2 is 0.667 bits per heavy atom. The number of benzene rings is 6. The van der Waals surface area contributed by atoms with E-state index in [-0.39, 0.29) is 0 Å². The van der Waals surface area contributed by atoms with E-state index in [1.165, 1.54) is 0 Å². The van der Waals surface area contributed by atoms with Crippen molar-refractivity contribution >= 4 is 0 Å². The molecule has 2 aromatic heterocycles. The molecule has 4 nitrogen and oxygen atoms in total. The molecule has 51 heavy (non-hydrogen) atoms. The van der Waals surface area contributed by atoms with Gasteiger partial charge in [0.15, 0.2) is 0 Å². The lowest BCUT2D eigenvalue weighted by Gasteiger charge is -2.45. The van der Waals surface area contributed by atoms with E-state index in [1.54, 1.807) is 0 Å². The Hall–Kier alpha value is -6.78. The maximum Gasteiger partial charge on any atom is 0.132 e. The molecule has 4 heterocycles. The van der Waals surface area contributed by atoms with Gasteiger partial charge in [-0.1, -0.05) is 121 Å². The first-order valence-electron chi connectivity index (χ1n) is 17.1. The molecule has 2 aliphatic rings. The topological polar surface area (TPSA) is 44.2 Å². The standard InChI is InChI=1S/C47H30N2O2/c1-3-11-31(12-4-1)33-17-21-37-43(27-33)50-45-29-35(41-15-7-9-25-48-41)19-23-39(45)47(37)38-22-18-34(32-13-5-2-6-14-32)28-44(38)51-46-30-36(20-24-40(46)47)42-16-8-10-26-49-42/h1-30H. The summed E-state index contributed by atoms with van der Waals surface area (Å²) in [5, 5.41) is 0. The number of nitrogens with zero attached hydrogens (tertiary/aromatic N) is 2. The molecule has 0 aliphatic carbocycles. The lowest BCUT2D eigenvalue weighted by atomic mass is 9.62. The Bertz CT molecular complexity index is 2210. The van der Waals surface area contributed by atoms with Crippen LogP contribution in [0.1, 0.15) is 22.3 Å². The van der Waals surface area contributed by atoms with Crippen molar-refractivity contribution in [2.75, 3.05) is 0 Å². The van der Waals surface area contributed by atoms with Crippen molar-refractivity contribution in [1.82, 2.24) is 9.97 Å². The van der Waals surface area contributed by atoms with Gasteiger partial charge in [0.25, 0.3) is 0 Å². The molecule has 0 saturated carbocycles. The molecule has 0 radical (unpaired) electrons. The molecule has 6 aromatic carbocycles. The molecule has 1 spiro atoms. The van der Waals surface area contributed by atoms with Crippen LogP contribution in [-0.2, 0) is 5.41 Å². The number of aromatic nitrogens is 2. The number of hydrogen-bond donors (Lipinski definition) is 0. The molecule has 240 valence electrons. The Labute approximate surface area is 296 Å². The molecule has 0 N–H and O–H groups in total. The first kappa shape index (κ1) is 29.2. The van der Waals surface area contributed by atoms with Crippen LogP contribution in [0.2, 0.25) is 0 Å². The molecule has 0 saturated heterocycles. The van der Waals surface area contributed by atoms with Gasteiger partial charge >= 0.3 is 0 Å². The number of ether oxygens (including phenoxy) is 2. The molecular weight excluding hydrogens is 625 g/mol. The Morgan fingerprint density at radius 1 is 0.314 bits per heavy atom. The Balaban J connectivity index is 1.28. The zero-order valence-corrected chi connectivity index (χ0v) is 27.5. The third kappa shape index (κ3) is 4.68. The van der Waals surface area contributed by atoms with E-state index in [1.807, 2.05) is 60.9 Å². The SMILES string of the molecule is c1ccc(-c2ccc3c(c2)Oc2cc(-c4ccccn4)ccc2C32c3ccc(-c4ccccc4)cc3Oc3cc(-c4ccccn4)ccc32)cc1. The third-order valence-electron chi connectivity index (χ3n) is 10.1. The monoisotopic (exact) mass is 654 g/mol. The fourth-order valence-corrected chi connectivity index (χ4v) is 7.78. The van der Waals surface area contributed by atoms with Gasteiger partial charge in [-0.15, -0.1) is 0 Å². The summed E-state index contributed by atoms with van der Waals surface area (Å²) in [5.41, 5.74) is 11.7. The predicted octanol–water partition coefficient (Wildman–Crippen LogP) is 11.7. The van der Waals surface area contributed by atoms with E-state index < -0.39 is 5.41 Å². The van der Waals surface area contributed by atoms with Gasteiger partial charge in [-0.2, -0.15) is 0 Å². The van der Waals surface area contributed by atoms with E-state index in [4.69, 9.17) is 9.47 Å². The van der Waals surface area contributed by atoms with Gasteiger partial charge in [0.05, 0.1) is 16.8 Å². The number of hydrogen-bond acceptors (Lipinski definition) is 4. The molecular formula is C47H30N2O2. The maximum atomic E-state index is 6.97. The second kappa shape index (κ2) is 11.7. The normalized spacial score (nSPS) is 13.2. The first-order valence-corrected chi connectivity index (χ1v) is 17.1. The minimum absolute atomic E-state index is 0.748. The average Bonchev–Trinajstić information content (AvgIpc) is 3.21. The lowest BCUT2D eigenvalue weighted by molar-refractivity contribution is 0.400. The van der Waals surface area contributed by atoms with Gasteiger partial charge in [-0.25, -0.2) is 0 Å². The van der Waals surface area contributed by atoms with Crippen molar-refractivity contribution in [3.8, 4) is 67.8 Å². The second-order valence-electron chi connectivity index (χ2n) is 13.0. The highest BCUT2D eigenvalue weighted by Crippen LogP contribution is 2.62. The van der Waals surface area contributed by atoms with Gasteiger partial charge in [-0.3, -0.25) is 9.97 Å². The summed E-state index contributed by atoms with van der Waals surface area (Å²) in [5.74, 6) is 3.19. The van der Waals surface area contributed by atoms with Gasteiger partial charge in [0, 0.05) is 45.8 Å². The summed E-state index contributed by atoms with van der Waals surface area (Å²) in [4.78, 5) is 9.33. The molecule has 0 unspecified atom stereocenters. The van der Waals surface area contributed by atoms with Crippen LogP contribution in [0.5, 0.6) is 23.0 Å². The van der Waals surface area contributed by atoms with Crippen molar-refractivity contribution in [1.29, 1.82) is 0 Å². The van der Waals surface area contributed by atoms with Crippen molar-refractivity contribution < 1.29 is 9.47 Å². The summed E-state index contributed by atoms with van der Waals surface area (Å²) >= 11 is 0. The first-order chi connectivity index (χ1) is 25.3.